The summed E-state index contributed by atoms with van der Waals surface area (Å²) in [6.45, 7) is -0.140. The first-order valence-corrected chi connectivity index (χ1v) is 11.9. The van der Waals surface area contributed by atoms with Gasteiger partial charge in [0.1, 0.15) is 6.04 Å². The summed E-state index contributed by atoms with van der Waals surface area (Å²) >= 11 is 0. The summed E-state index contributed by atoms with van der Waals surface area (Å²) in [4.78, 5) is 52.1. The fourth-order valence-corrected chi connectivity index (χ4v) is 3.72. The molecular weight excluding hydrogens is 511 g/mol. The van der Waals surface area contributed by atoms with Crippen molar-refractivity contribution in [2.75, 3.05) is 39.8 Å². The second-order valence-corrected chi connectivity index (χ2v) is 9.11. The van der Waals surface area contributed by atoms with Gasteiger partial charge in [-0.3, -0.25) is 19.2 Å². The molecule has 1 saturated heterocycles. The molecular formula is C23H34F3N7O5. The molecule has 0 unspecified atom stereocenters. The average molecular weight is 546 g/mol. The largest absolute Gasteiger partial charge is 0.416 e. The Balaban J connectivity index is 1.77. The summed E-state index contributed by atoms with van der Waals surface area (Å²) in [6, 6.07) is 0.596. The molecule has 4 amide bonds. The monoisotopic (exact) mass is 545 g/mol. The molecule has 4 atom stereocenters. The molecule has 0 bridgehead atoms. The number of rotatable bonds is 11. The van der Waals surface area contributed by atoms with Crippen LogP contribution in [-0.4, -0.2) is 103 Å². The van der Waals surface area contributed by atoms with E-state index in [0.717, 1.165) is 29.2 Å². The molecule has 9 N–H and O–H groups in total. The number of aliphatic hydroxyl groups excluding tert-OH is 1. The van der Waals surface area contributed by atoms with Crippen molar-refractivity contribution in [3.05, 3.63) is 35.4 Å². The number of carbonyl (C=O) groups is 4. The highest BCUT2D eigenvalue weighted by molar-refractivity contribution is 5.94. The van der Waals surface area contributed by atoms with E-state index in [4.69, 9.17) is 17.2 Å². The van der Waals surface area contributed by atoms with Crippen molar-refractivity contribution in [3.8, 4) is 0 Å². The molecule has 1 heterocycles. The quantitative estimate of drug-likeness (QED) is 0.183. The van der Waals surface area contributed by atoms with Gasteiger partial charge in [-0.25, -0.2) is 0 Å². The van der Waals surface area contributed by atoms with Crippen LogP contribution in [0.5, 0.6) is 0 Å². The van der Waals surface area contributed by atoms with Gasteiger partial charge < -0.3 is 42.7 Å². The van der Waals surface area contributed by atoms with Crippen LogP contribution in [-0.2, 0) is 20.6 Å². The highest BCUT2D eigenvalue weighted by Crippen LogP contribution is 2.29. The molecule has 0 aromatic heterocycles. The molecule has 0 spiro atoms. The van der Waals surface area contributed by atoms with Crippen LogP contribution in [0.25, 0.3) is 0 Å². The van der Waals surface area contributed by atoms with Gasteiger partial charge in [-0.1, -0.05) is 0 Å². The van der Waals surface area contributed by atoms with Gasteiger partial charge in [0, 0.05) is 57.3 Å². The summed E-state index contributed by atoms with van der Waals surface area (Å²) in [7, 11) is 1.38. The molecule has 1 aliphatic rings. The number of nitrogens with one attached hydrogen (secondary N) is 2. The first-order chi connectivity index (χ1) is 17.7. The lowest BCUT2D eigenvalue weighted by atomic mass is 10.1. The van der Waals surface area contributed by atoms with Gasteiger partial charge in [0.05, 0.1) is 18.2 Å². The molecule has 2 rings (SSSR count). The molecule has 12 nitrogen and oxygen atoms in total. The number of hydrogen-bond donors (Lipinski definition) is 6. The molecule has 1 fully saturated rings. The molecule has 212 valence electrons. The molecule has 1 aromatic carbocycles. The Kier molecular flexibility index (Phi) is 11.0. The Bertz CT molecular complexity index is 983. The van der Waals surface area contributed by atoms with Gasteiger partial charge in [-0.05, 0) is 30.7 Å². The van der Waals surface area contributed by atoms with Crippen LogP contribution in [0.4, 0.5) is 13.2 Å². The van der Waals surface area contributed by atoms with Crippen molar-refractivity contribution in [3.63, 3.8) is 0 Å². The van der Waals surface area contributed by atoms with Crippen LogP contribution >= 0.6 is 0 Å². The number of carbonyl (C=O) groups excluding carboxylic acids is 4. The Hall–Kier alpha value is -3.27. The number of alkyl halides is 3. The smallest absolute Gasteiger partial charge is 0.394 e. The number of nitrogens with zero attached hydrogens (tertiary/aromatic N) is 2. The number of benzene rings is 1. The van der Waals surface area contributed by atoms with Crippen LogP contribution in [0.3, 0.4) is 0 Å². The van der Waals surface area contributed by atoms with Gasteiger partial charge in [-0.2, -0.15) is 13.2 Å². The van der Waals surface area contributed by atoms with Crippen molar-refractivity contribution < 1.29 is 37.5 Å². The fourth-order valence-electron chi connectivity index (χ4n) is 3.72. The topological polar surface area (TPSA) is 197 Å². The molecule has 15 heteroatoms. The number of likely N-dealkylation sites (tertiary alicyclic amines) is 1. The zero-order valence-electron chi connectivity index (χ0n) is 20.9. The molecule has 0 radical (unpaired) electrons. The lowest BCUT2D eigenvalue weighted by Crippen LogP contribution is -2.54. The molecule has 0 saturated carbocycles. The second-order valence-electron chi connectivity index (χ2n) is 9.11. The maximum atomic E-state index is 12.6. The minimum absolute atomic E-state index is 0.00377. The van der Waals surface area contributed by atoms with Crippen LogP contribution in [0.2, 0.25) is 0 Å². The fraction of sp³-hybridized carbons (Fsp3) is 0.565. The molecule has 1 aromatic rings. The van der Waals surface area contributed by atoms with E-state index in [1.807, 2.05) is 0 Å². The predicted molar refractivity (Wildman–Crippen MR) is 130 cm³/mol. The first-order valence-electron chi connectivity index (χ1n) is 11.9. The minimum Gasteiger partial charge on any atom is -0.394 e. The van der Waals surface area contributed by atoms with E-state index in [2.05, 4.69) is 10.6 Å². The van der Waals surface area contributed by atoms with Crippen LogP contribution in [0.1, 0.15) is 28.8 Å². The summed E-state index contributed by atoms with van der Waals surface area (Å²) in [5, 5.41) is 14.4. The number of amides is 4. The SMILES string of the molecule is CN(CCNC(=O)c1ccc(C(F)(F)F)cc1)C(=O)[C@H](CO)NC(=O)[C@@H](N)CCC(=O)N1C[C@@H](N)[C@@H](N)C1. The molecule has 1 aliphatic heterocycles. The van der Waals surface area contributed by atoms with E-state index in [1.54, 1.807) is 0 Å². The number of aliphatic hydroxyl groups is 1. The van der Waals surface area contributed by atoms with Crippen molar-refractivity contribution >= 4 is 23.6 Å². The van der Waals surface area contributed by atoms with Gasteiger partial charge >= 0.3 is 6.18 Å². The van der Waals surface area contributed by atoms with E-state index in [1.165, 1.54) is 11.9 Å². The third-order valence-corrected chi connectivity index (χ3v) is 6.15. The van der Waals surface area contributed by atoms with E-state index >= 15 is 0 Å². The normalized spacial score (nSPS) is 19.0. The number of likely N-dealkylation sites (N-methyl/N-ethyl adjacent to an activating group) is 1. The average Bonchev–Trinajstić information content (AvgIpc) is 3.22. The number of hydrogen-bond acceptors (Lipinski definition) is 8. The van der Waals surface area contributed by atoms with E-state index in [9.17, 15) is 37.5 Å². The highest BCUT2D eigenvalue weighted by Gasteiger charge is 2.32. The molecule has 0 aliphatic carbocycles. The summed E-state index contributed by atoms with van der Waals surface area (Å²) in [5.74, 6) is -2.27. The molecule has 38 heavy (non-hydrogen) atoms. The van der Waals surface area contributed by atoms with Crippen molar-refractivity contribution in [2.24, 2.45) is 17.2 Å². The second kappa shape index (κ2) is 13.5. The zero-order chi connectivity index (χ0) is 28.6. The highest BCUT2D eigenvalue weighted by atomic mass is 19.4. The van der Waals surface area contributed by atoms with E-state index < -0.39 is 48.2 Å². The Morgan fingerprint density at radius 2 is 1.71 bits per heavy atom. The van der Waals surface area contributed by atoms with Crippen molar-refractivity contribution in [2.45, 2.75) is 43.2 Å². The number of halogens is 3. The zero-order valence-corrected chi connectivity index (χ0v) is 20.9. The Labute approximate surface area is 217 Å². The third-order valence-electron chi connectivity index (χ3n) is 6.15. The summed E-state index contributed by atoms with van der Waals surface area (Å²) < 4.78 is 37.9. The van der Waals surface area contributed by atoms with Crippen molar-refractivity contribution in [1.29, 1.82) is 0 Å². The Morgan fingerprint density at radius 1 is 1.13 bits per heavy atom. The van der Waals surface area contributed by atoms with Gasteiger partial charge in [-0.15, -0.1) is 0 Å². The minimum atomic E-state index is -4.52. The van der Waals surface area contributed by atoms with Crippen LogP contribution < -0.4 is 27.8 Å². The number of nitrogens with two attached hydrogens (primary N) is 3. The predicted octanol–water partition coefficient (Wildman–Crippen LogP) is -2.02. The lowest BCUT2D eigenvalue weighted by molar-refractivity contribution is -0.137. The maximum absolute atomic E-state index is 12.6. The standard InChI is InChI=1S/C23H34F3N7O5/c1-32(9-8-30-20(36)13-2-4-14(5-3-13)23(24,25)26)22(38)18(12-34)31-21(37)15(27)6-7-19(35)33-10-16(28)17(29)11-33/h2-5,15-18,34H,6-12,27-29H2,1H3,(H,30,36)(H,31,37)/t15-,16-,17+,18-/m0/s1. The Morgan fingerprint density at radius 3 is 2.24 bits per heavy atom. The maximum Gasteiger partial charge on any atom is 0.416 e. The summed E-state index contributed by atoms with van der Waals surface area (Å²) in [5.41, 5.74) is 16.6. The first kappa shape index (κ1) is 31.0. The lowest BCUT2D eigenvalue weighted by Gasteiger charge is -2.24. The third kappa shape index (κ3) is 8.65. The van der Waals surface area contributed by atoms with Gasteiger partial charge in [0.2, 0.25) is 17.7 Å². The van der Waals surface area contributed by atoms with Gasteiger partial charge in [0.15, 0.2) is 0 Å². The summed E-state index contributed by atoms with van der Waals surface area (Å²) in [6.07, 6.45) is -4.54. The van der Waals surface area contributed by atoms with Crippen LogP contribution in [0.15, 0.2) is 24.3 Å². The van der Waals surface area contributed by atoms with Crippen molar-refractivity contribution in [1.82, 2.24) is 20.4 Å². The van der Waals surface area contributed by atoms with E-state index in [-0.39, 0.29) is 49.5 Å². The van der Waals surface area contributed by atoms with Crippen LogP contribution in [0, 0.1) is 0 Å². The van der Waals surface area contributed by atoms with Gasteiger partial charge in [0.25, 0.3) is 5.91 Å². The van der Waals surface area contributed by atoms with E-state index in [0.29, 0.717) is 13.1 Å².